The summed E-state index contributed by atoms with van der Waals surface area (Å²) < 4.78 is 2.84. The zero-order valence-corrected chi connectivity index (χ0v) is 15.7. The Kier molecular flexibility index (Phi) is 5.36. The maximum atomic E-state index is 13.1. The Balaban J connectivity index is 1.75. The van der Waals surface area contributed by atoms with Crippen LogP contribution in [0.4, 0.5) is 0 Å². The number of rotatable bonds is 5. The van der Waals surface area contributed by atoms with Gasteiger partial charge in [0.05, 0.1) is 12.1 Å². The zero-order chi connectivity index (χ0) is 17.1. The van der Waals surface area contributed by atoms with E-state index >= 15 is 0 Å². The van der Waals surface area contributed by atoms with Crippen molar-refractivity contribution in [1.82, 2.24) is 20.0 Å². The van der Waals surface area contributed by atoms with Crippen LogP contribution in [-0.2, 0) is 18.4 Å². The summed E-state index contributed by atoms with van der Waals surface area (Å²) in [5.74, 6) is 0.389. The Hall–Kier alpha value is -1.66. The van der Waals surface area contributed by atoms with Crippen molar-refractivity contribution in [3.05, 3.63) is 52.3 Å². The molecular weight excluding hydrogens is 368 g/mol. The van der Waals surface area contributed by atoms with Gasteiger partial charge in [0, 0.05) is 49.8 Å². The molecule has 2 heterocycles. The minimum atomic E-state index is -0.0266. The maximum absolute atomic E-state index is 13.1. The van der Waals surface area contributed by atoms with Crippen LogP contribution in [0.25, 0.3) is 0 Å². The van der Waals surface area contributed by atoms with Crippen LogP contribution in [0.2, 0.25) is 0 Å². The van der Waals surface area contributed by atoms with E-state index in [0.717, 1.165) is 28.7 Å². The second-order valence-corrected chi connectivity index (χ2v) is 7.22. The van der Waals surface area contributed by atoms with Crippen LogP contribution in [0.1, 0.15) is 24.0 Å². The molecule has 0 radical (unpaired) electrons. The van der Waals surface area contributed by atoms with Crippen molar-refractivity contribution < 1.29 is 4.79 Å². The molecule has 1 saturated heterocycles. The molecule has 1 aliphatic rings. The quantitative estimate of drug-likeness (QED) is 0.853. The molecule has 1 aromatic carbocycles. The molecule has 1 amide bonds. The number of hydrogen-bond acceptors (Lipinski definition) is 3. The van der Waals surface area contributed by atoms with Crippen molar-refractivity contribution in [2.75, 3.05) is 19.6 Å². The third-order valence-electron chi connectivity index (χ3n) is 4.64. The van der Waals surface area contributed by atoms with E-state index in [1.54, 1.807) is 4.68 Å². The first-order chi connectivity index (χ1) is 11.6. The highest BCUT2D eigenvalue weighted by atomic mass is 79.9. The molecule has 1 N–H and O–H groups in total. The van der Waals surface area contributed by atoms with E-state index in [4.69, 9.17) is 0 Å². The van der Waals surface area contributed by atoms with Gasteiger partial charge in [-0.25, -0.2) is 0 Å². The largest absolute Gasteiger partial charge is 0.338 e. The molecule has 2 atom stereocenters. The average molecular weight is 391 g/mol. The molecule has 1 aromatic heterocycles. The summed E-state index contributed by atoms with van der Waals surface area (Å²) >= 11 is 3.50. The van der Waals surface area contributed by atoms with Gasteiger partial charge >= 0.3 is 0 Å². The Labute approximate surface area is 151 Å². The summed E-state index contributed by atoms with van der Waals surface area (Å²) in [5.41, 5.74) is 2.28. The van der Waals surface area contributed by atoms with Gasteiger partial charge in [0.2, 0.25) is 5.91 Å². The molecule has 0 bridgehead atoms. The van der Waals surface area contributed by atoms with Gasteiger partial charge < -0.3 is 10.2 Å². The topological polar surface area (TPSA) is 50.2 Å². The molecule has 128 valence electrons. The number of nitrogens with zero attached hydrogens (tertiary/aromatic N) is 3. The smallest absolute Gasteiger partial charge is 0.227 e. The van der Waals surface area contributed by atoms with Crippen LogP contribution in [0.15, 0.2) is 41.1 Å². The third-order valence-corrected chi connectivity index (χ3v) is 5.13. The predicted octanol–water partition coefficient (Wildman–Crippen LogP) is 2.53. The average Bonchev–Trinajstić information content (AvgIpc) is 3.20. The molecular formula is C18H23BrN4O. The lowest BCUT2D eigenvalue weighted by Gasteiger charge is -2.27. The van der Waals surface area contributed by atoms with Gasteiger partial charge in [-0.15, -0.1) is 0 Å². The van der Waals surface area contributed by atoms with E-state index in [0.29, 0.717) is 13.1 Å². The standard InChI is InChI=1S/C18H23BrN4O/c1-3-23(11-13-5-4-6-15(19)7-13)18(24)17-10-20-9-16(17)14-8-21-22(2)12-14/h4-8,12,16-17,20H,3,9-11H2,1-2H3/t16-,17+/m1/s1. The van der Waals surface area contributed by atoms with Gasteiger partial charge in [-0.2, -0.15) is 5.10 Å². The molecule has 0 spiro atoms. The van der Waals surface area contributed by atoms with Gasteiger partial charge in [-0.05, 0) is 30.2 Å². The predicted molar refractivity (Wildman–Crippen MR) is 97.5 cm³/mol. The number of carbonyl (C=O) groups is 1. The van der Waals surface area contributed by atoms with Crippen LogP contribution < -0.4 is 5.32 Å². The van der Waals surface area contributed by atoms with Crippen LogP contribution in [0, 0.1) is 5.92 Å². The van der Waals surface area contributed by atoms with Crippen molar-refractivity contribution in [1.29, 1.82) is 0 Å². The van der Waals surface area contributed by atoms with E-state index in [9.17, 15) is 4.79 Å². The first-order valence-electron chi connectivity index (χ1n) is 8.31. The molecule has 6 heteroatoms. The number of halogens is 1. The van der Waals surface area contributed by atoms with Crippen molar-refractivity contribution >= 4 is 21.8 Å². The van der Waals surface area contributed by atoms with Crippen LogP contribution in [0.3, 0.4) is 0 Å². The van der Waals surface area contributed by atoms with E-state index in [-0.39, 0.29) is 17.7 Å². The van der Waals surface area contributed by atoms with Gasteiger partial charge in [0.1, 0.15) is 0 Å². The Morgan fingerprint density at radius 3 is 2.96 bits per heavy atom. The van der Waals surface area contributed by atoms with Crippen LogP contribution in [0.5, 0.6) is 0 Å². The fourth-order valence-electron chi connectivity index (χ4n) is 3.36. The summed E-state index contributed by atoms with van der Waals surface area (Å²) in [6.45, 7) is 4.95. The highest BCUT2D eigenvalue weighted by Gasteiger charge is 2.36. The Bertz CT molecular complexity index is 715. The second kappa shape index (κ2) is 7.49. The first kappa shape index (κ1) is 17.2. The van der Waals surface area contributed by atoms with Crippen molar-refractivity contribution in [2.24, 2.45) is 13.0 Å². The van der Waals surface area contributed by atoms with E-state index in [2.05, 4.69) is 38.5 Å². The fraction of sp³-hybridized carbons (Fsp3) is 0.444. The van der Waals surface area contributed by atoms with Crippen molar-refractivity contribution in [2.45, 2.75) is 19.4 Å². The van der Waals surface area contributed by atoms with Crippen LogP contribution in [-0.4, -0.2) is 40.2 Å². The minimum absolute atomic E-state index is 0.0266. The monoisotopic (exact) mass is 390 g/mol. The summed E-state index contributed by atoms with van der Waals surface area (Å²) in [6, 6.07) is 8.14. The SMILES string of the molecule is CCN(Cc1cccc(Br)c1)C(=O)[C@H]1CNC[C@@H]1c1cnn(C)c1. The highest BCUT2D eigenvalue weighted by molar-refractivity contribution is 9.10. The molecule has 1 aliphatic heterocycles. The molecule has 5 nitrogen and oxygen atoms in total. The Morgan fingerprint density at radius 2 is 2.29 bits per heavy atom. The zero-order valence-electron chi connectivity index (χ0n) is 14.1. The van der Waals surface area contributed by atoms with E-state index in [1.807, 2.05) is 43.4 Å². The van der Waals surface area contributed by atoms with Gasteiger partial charge in [-0.3, -0.25) is 9.48 Å². The number of hydrogen-bond donors (Lipinski definition) is 1. The molecule has 0 saturated carbocycles. The second-order valence-electron chi connectivity index (χ2n) is 6.30. The molecule has 0 unspecified atom stereocenters. The molecule has 0 aliphatic carbocycles. The third kappa shape index (κ3) is 3.70. The van der Waals surface area contributed by atoms with Gasteiger partial charge in [0.25, 0.3) is 0 Å². The van der Waals surface area contributed by atoms with Gasteiger partial charge in [-0.1, -0.05) is 28.1 Å². The summed E-state index contributed by atoms with van der Waals surface area (Å²) in [5, 5.41) is 7.63. The number of aromatic nitrogens is 2. The highest BCUT2D eigenvalue weighted by Crippen LogP contribution is 2.29. The maximum Gasteiger partial charge on any atom is 0.227 e. The van der Waals surface area contributed by atoms with Crippen molar-refractivity contribution in [3.63, 3.8) is 0 Å². The molecule has 3 rings (SSSR count). The van der Waals surface area contributed by atoms with Crippen molar-refractivity contribution in [3.8, 4) is 0 Å². The Morgan fingerprint density at radius 1 is 1.46 bits per heavy atom. The van der Waals surface area contributed by atoms with E-state index in [1.165, 1.54) is 0 Å². The number of amides is 1. The summed E-state index contributed by atoms with van der Waals surface area (Å²) in [4.78, 5) is 15.1. The van der Waals surface area contributed by atoms with Gasteiger partial charge in [0.15, 0.2) is 0 Å². The lowest BCUT2D eigenvalue weighted by Crippen LogP contribution is -2.38. The summed E-state index contributed by atoms with van der Waals surface area (Å²) in [7, 11) is 1.91. The lowest BCUT2D eigenvalue weighted by atomic mass is 9.89. The number of nitrogens with one attached hydrogen (secondary N) is 1. The summed E-state index contributed by atoms with van der Waals surface area (Å²) in [6.07, 6.45) is 3.89. The first-order valence-corrected chi connectivity index (χ1v) is 9.10. The minimum Gasteiger partial charge on any atom is -0.338 e. The van der Waals surface area contributed by atoms with E-state index < -0.39 is 0 Å². The fourth-order valence-corrected chi connectivity index (χ4v) is 3.80. The normalized spacial score (nSPS) is 20.3. The molecule has 1 fully saturated rings. The number of carbonyl (C=O) groups excluding carboxylic acids is 1. The molecule has 24 heavy (non-hydrogen) atoms. The number of benzene rings is 1. The lowest BCUT2D eigenvalue weighted by molar-refractivity contribution is -0.135. The molecule has 2 aromatic rings. The van der Waals surface area contributed by atoms with Crippen LogP contribution >= 0.6 is 15.9 Å². The number of aryl methyl sites for hydroxylation is 1.